The number of carbonyl (C=O) groups is 1. The van der Waals surface area contributed by atoms with Crippen molar-refractivity contribution in [3.63, 3.8) is 0 Å². The highest BCUT2D eigenvalue weighted by Gasteiger charge is 2.16. The first-order valence-corrected chi connectivity index (χ1v) is 7.77. The molecule has 0 spiro atoms. The fraction of sp³-hybridized carbons (Fsp3) is 0.250. The van der Waals surface area contributed by atoms with Crippen LogP contribution in [0.5, 0.6) is 17.2 Å². The number of rotatable bonds is 7. The first-order valence-electron chi connectivity index (χ1n) is 7.77. The molecule has 0 unspecified atom stereocenters. The maximum absolute atomic E-state index is 12.2. The molecule has 0 aromatic heterocycles. The van der Waals surface area contributed by atoms with Crippen LogP contribution in [0, 0.1) is 12.3 Å². The zero-order valence-corrected chi connectivity index (χ0v) is 14.6. The van der Waals surface area contributed by atoms with Crippen LogP contribution in [0.1, 0.15) is 17.5 Å². The molecule has 0 aliphatic carbocycles. The van der Waals surface area contributed by atoms with Crippen LogP contribution >= 0.6 is 0 Å². The molecule has 130 valence electrons. The summed E-state index contributed by atoms with van der Waals surface area (Å²) in [5, 5.41) is 2.84. The minimum Gasteiger partial charge on any atom is -0.493 e. The van der Waals surface area contributed by atoms with E-state index >= 15 is 0 Å². The van der Waals surface area contributed by atoms with E-state index in [4.69, 9.17) is 20.6 Å². The zero-order chi connectivity index (χ0) is 18.2. The van der Waals surface area contributed by atoms with Gasteiger partial charge in [-0.05, 0) is 36.2 Å². The second kappa shape index (κ2) is 8.65. The van der Waals surface area contributed by atoms with E-state index in [1.165, 1.54) is 0 Å². The SMILES string of the molecule is C#Cc1cccc(NC(=O)CCc2ccc(OC)c(OC)c2OC)c1. The number of terminal acetylenes is 1. The largest absolute Gasteiger partial charge is 0.493 e. The third-order valence-corrected chi connectivity index (χ3v) is 3.72. The normalized spacial score (nSPS) is 9.84. The molecular weight excluding hydrogens is 318 g/mol. The van der Waals surface area contributed by atoms with Crippen LogP contribution in [-0.4, -0.2) is 27.2 Å². The Morgan fingerprint density at radius 2 is 1.84 bits per heavy atom. The Balaban J connectivity index is 2.07. The summed E-state index contributed by atoms with van der Waals surface area (Å²) in [6.45, 7) is 0. The molecule has 1 N–H and O–H groups in total. The second-order valence-electron chi connectivity index (χ2n) is 5.27. The highest BCUT2D eigenvalue weighted by molar-refractivity contribution is 5.91. The lowest BCUT2D eigenvalue weighted by atomic mass is 10.1. The molecule has 0 saturated carbocycles. The Morgan fingerprint density at radius 3 is 2.48 bits per heavy atom. The van der Waals surface area contributed by atoms with E-state index < -0.39 is 0 Å². The van der Waals surface area contributed by atoms with Gasteiger partial charge in [0.15, 0.2) is 11.5 Å². The Labute approximate surface area is 147 Å². The topological polar surface area (TPSA) is 56.8 Å². The van der Waals surface area contributed by atoms with E-state index in [1.807, 2.05) is 18.2 Å². The number of hydrogen-bond acceptors (Lipinski definition) is 4. The maximum atomic E-state index is 12.2. The van der Waals surface area contributed by atoms with Crippen LogP contribution in [-0.2, 0) is 11.2 Å². The molecule has 2 rings (SSSR count). The van der Waals surface area contributed by atoms with Gasteiger partial charge < -0.3 is 19.5 Å². The van der Waals surface area contributed by atoms with Crippen molar-refractivity contribution in [1.82, 2.24) is 0 Å². The van der Waals surface area contributed by atoms with Gasteiger partial charge in [0.2, 0.25) is 11.7 Å². The molecule has 2 aromatic carbocycles. The van der Waals surface area contributed by atoms with Gasteiger partial charge in [-0.25, -0.2) is 0 Å². The lowest BCUT2D eigenvalue weighted by molar-refractivity contribution is -0.116. The molecule has 0 radical (unpaired) electrons. The molecule has 0 atom stereocenters. The fourth-order valence-electron chi connectivity index (χ4n) is 2.52. The number of aryl methyl sites for hydroxylation is 1. The van der Waals surface area contributed by atoms with E-state index in [1.54, 1.807) is 39.5 Å². The second-order valence-corrected chi connectivity index (χ2v) is 5.27. The van der Waals surface area contributed by atoms with Crippen molar-refractivity contribution in [2.75, 3.05) is 26.6 Å². The van der Waals surface area contributed by atoms with Crippen molar-refractivity contribution in [3.8, 4) is 29.6 Å². The molecule has 1 amide bonds. The van der Waals surface area contributed by atoms with Gasteiger partial charge in [0.1, 0.15) is 0 Å². The van der Waals surface area contributed by atoms with Crippen molar-refractivity contribution in [2.24, 2.45) is 0 Å². The highest BCUT2D eigenvalue weighted by Crippen LogP contribution is 2.40. The number of amides is 1. The summed E-state index contributed by atoms with van der Waals surface area (Å²) in [5.41, 5.74) is 2.27. The fourth-order valence-corrected chi connectivity index (χ4v) is 2.52. The monoisotopic (exact) mass is 339 g/mol. The average Bonchev–Trinajstić information content (AvgIpc) is 2.65. The molecule has 0 aliphatic rings. The summed E-state index contributed by atoms with van der Waals surface area (Å²) in [5.74, 6) is 4.11. The molecule has 0 heterocycles. The van der Waals surface area contributed by atoms with Crippen molar-refractivity contribution in [2.45, 2.75) is 12.8 Å². The molecule has 5 nitrogen and oxygen atoms in total. The van der Waals surface area contributed by atoms with Crippen LogP contribution in [0.3, 0.4) is 0 Å². The number of benzene rings is 2. The predicted molar refractivity (Wildman–Crippen MR) is 97.4 cm³/mol. The van der Waals surface area contributed by atoms with Crippen molar-refractivity contribution >= 4 is 11.6 Å². The third-order valence-electron chi connectivity index (χ3n) is 3.72. The Morgan fingerprint density at radius 1 is 1.08 bits per heavy atom. The van der Waals surface area contributed by atoms with Gasteiger partial charge in [-0.1, -0.05) is 18.1 Å². The van der Waals surface area contributed by atoms with Gasteiger partial charge in [0, 0.05) is 17.7 Å². The van der Waals surface area contributed by atoms with Gasteiger partial charge in [-0.15, -0.1) is 6.42 Å². The number of carbonyl (C=O) groups excluding carboxylic acids is 1. The van der Waals surface area contributed by atoms with Crippen molar-refractivity contribution < 1.29 is 19.0 Å². The average molecular weight is 339 g/mol. The minimum absolute atomic E-state index is 0.106. The van der Waals surface area contributed by atoms with Gasteiger partial charge in [0.25, 0.3) is 0 Å². The smallest absolute Gasteiger partial charge is 0.224 e. The first kappa shape index (κ1) is 18.2. The standard InChI is InChI=1S/C20H21NO4/c1-5-14-7-6-8-16(13-14)21-18(22)12-10-15-9-11-17(23-2)20(25-4)19(15)24-3/h1,6-9,11,13H,10,12H2,2-4H3,(H,21,22). The van der Waals surface area contributed by atoms with Crippen molar-refractivity contribution in [3.05, 3.63) is 47.5 Å². The van der Waals surface area contributed by atoms with Crippen LogP contribution in [0.4, 0.5) is 5.69 Å². The summed E-state index contributed by atoms with van der Waals surface area (Å²) >= 11 is 0. The van der Waals surface area contributed by atoms with Gasteiger partial charge in [-0.2, -0.15) is 0 Å². The molecule has 0 saturated heterocycles. The zero-order valence-electron chi connectivity index (χ0n) is 14.6. The van der Waals surface area contributed by atoms with Crippen LogP contribution in [0.25, 0.3) is 0 Å². The Hall–Kier alpha value is -3.13. The molecule has 0 aliphatic heterocycles. The third kappa shape index (κ3) is 4.45. The van der Waals surface area contributed by atoms with Crippen LogP contribution in [0.2, 0.25) is 0 Å². The lowest BCUT2D eigenvalue weighted by Crippen LogP contribution is -2.12. The van der Waals surface area contributed by atoms with Crippen LogP contribution < -0.4 is 19.5 Å². The molecule has 25 heavy (non-hydrogen) atoms. The van der Waals surface area contributed by atoms with Gasteiger partial charge in [0.05, 0.1) is 21.3 Å². The minimum atomic E-state index is -0.106. The predicted octanol–water partition coefficient (Wildman–Crippen LogP) is 3.27. The summed E-state index contributed by atoms with van der Waals surface area (Å²) < 4.78 is 16.0. The van der Waals surface area contributed by atoms with Crippen LogP contribution in [0.15, 0.2) is 36.4 Å². The van der Waals surface area contributed by atoms with E-state index in [0.717, 1.165) is 11.1 Å². The van der Waals surface area contributed by atoms with E-state index in [-0.39, 0.29) is 5.91 Å². The first-order chi connectivity index (χ1) is 12.1. The van der Waals surface area contributed by atoms with Gasteiger partial charge >= 0.3 is 0 Å². The number of nitrogens with one attached hydrogen (secondary N) is 1. The van der Waals surface area contributed by atoms with E-state index in [9.17, 15) is 4.79 Å². The summed E-state index contributed by atoms with van der Waals surface area (Å²) in [6.07, 6.45) is 6.17. The molecule has 0 fully saturated rings. The number of anilines is 1. The maximum Gasteiger partial charge on any atom is 0.224 e. The number of hydrogen-bond donors (Lipinski definition) is 1. The molecular formula is C20H21NO4. The lowest BCUT2D eigenvalue weighted by Gasteiger charge is -2.15. The molecule has 5 heteroatoms. The number of ether oxygens (including phenoxy) is 3. The van der Waals surface area contributed by atoms with Gasteiger partial charge in [-0.3, -0.25) is 4.79 Å². The summed E-state index contributed by atoms with van der Waals surface area (Å²) in [6, 6.07) is 10.8. The van der Waals surface area contributed by atoms with E-state index in [0.29, 0.717) is 35.8 Å². The Kier molecular flexibility index (Phi) is 6.30. The Bertz CT molecular complexity index is 793. The van der Waals surface area contributed by atoms with Crippen molar-refractivity contribution in [1.29, 1.82) is 0 Å². The summed E-state index contributed by atoms with van der Waals surface area (Å²) in [4.78, 5) is 12.2. The molecule has 2 aromatic rings. The quantitative estimate of drug-likeness (QED) is 0.787. The highest BCUT2D eigenvalue weighted by atomic mass is 16.5. The summed E-state index contributed by atoms with van der Waals surface area (Å²) in [7, 11) is 4.68. The van der Waals surface area contributed by atoms with E-state index in [2.05, 4.69) is 11.2 Å². The number of methoxy groups -OCH3 is 3. The molecule has 0 bridgehead atoms.